The number of carbonyl (C=O) groups is 2. The van der Waals surface area contributed by atoms with Gasteiger partial charge in [-0.15, -0.1) is 0 Å². The van der Waals surface area contributed by atoms with Crippen molar-refractivity contribution in [2.75, 3.05) is 20.1 Å². The number of likely N-dealkylation sites (tertiary alicyclic amines) is 1. The Morgan fingerprint density at radius 1 is 1.06 bits per heavy atom. The minimum absolute atomic E-state index is 0.0767. The molecule has 1 unspecified atom stereocenters. The van der Waals surface area contributed by atoms with Gasteiger partial charge in [-0.1, -0.05) is 42.5 Å². The monoisotopic (exact) mass is 431 g/mol. The topological polar surface area (TPSA) is 62.3 Å². The Balaban J connectivity index is 1.62. The zero-order chi connectivity index (χ0) is 22.6. The molecule has 2 heterocycles. The lowest BCUT2D eigenvalue weighted by atomic mass is 9.74. The molecule has 0 aliphatic carbocycles. The van der Waals surface area contributed by atoms with Crippen molar-refractivity contribution in [1.82, 2.24) is 15.2 Å². The Morgan fingerprint density at radius 3 is 2.56 bits per heavy atom. The molecule has 0 saturated carbocycles. The van der Waals surface area contributed by atoms with Crippen molar-refractivity contribution in [1.29, 1.82) is 0 Å². The minimum Gasteiger partial charge on any atom is -0.359 e. The summed E-state index contributed by atoms with van der Waals surface area (Å²) >= 11 is 0. The number of nitrogens with zero attached hydrogens (tertiary/aromatic N) is 2. The molecule has 3 aromatic rings. The number of piperidine rings is 1. The molecule has 5 nitrogen and oxygen atoms in total. The standard InChI is InChI=1S/C26H26FN3O2/c1-28-25(32)26(12-6-14-30(18-26)24(31)23-11-2-3-13-29-23)17-19-7-4-8-20(15-19)21-9-5-10-22(27)16-21/h2-5,7-11,13,15-16H,6,12,14,17-18H2,1H3,(H,28,32). The van der Waals surface area contributed by atoms with Crippen LogP contribution in [0.5, 0.6) is 0 Å². The molecule has 0 spiro atoms. The van der Waals surface area contributed by atoms with E-state index in [1.165, 1.54) is 12.1 Å². The normalized spacial score (nSPS) is 18.2. The molecule has 0 radical (unpaired) electrons. The second-order valence-corrected chi connectivity index (χ2v) is 8.29. The summed E-state index contributed by atoms with van der Waals surface area (Å²) < 4.78 is 13.7. The molecule has 2 amide bonds. The minimum atomic E-state index is -0.738. The molecule has 1 N–H and O–H groups in total. The zero-order valence-corrected chi connectivity index (χ0v) is 18.1. The maximum absolute atomic E-state index is 13.7. The molecule has 1 saturated heterocycles. The lowest BCUT2D eigenvalue weighted by Gasteiger charge is -2.41. The smallest absolute Gasteiger partial charge is 0.272 e. The lowest BCUT2D eigenvalue weighted by Crippen LogP contribution is -2.54. The summed E-state index contributed by atoms with van der Waals surface area (Å²) in [6.45, 7) is 0.920. The third-order valence-electron chi connectivity index (χ3n) is 6.08. The summed E-state index contributed by atoms with van der Waals surface area (Å²) in [6.07, 6.45) is 3.50. The summed E-state index contributed by atoms with van der Waals surface area (Å²) in [5, 5.41) is 2.81. The number of benzene rings is 2. The maximum atomic E-state index is 13.7. The Morgan fingerprint density at radius 2 is 1.84 bits per heavy atom. The van der Waals surface area contributed by atoms with E-state index in [1.54, 1.807) is 42.4 Å². The molecule has 2 aromatic carbocycles. The Hall–Kier alpha value is -3.54. The van der Waals surface area contributed by atoms with E-state index in [2.05, 4.69) is 10.3 Å². The Labute approximate surface area is 187 Å². The zero-order valence-electron chi connectivity index (χ0n) is 18.1. The van der Waals surface area contributed by atoms with Crippen LogP contribution in [0.1, 0.15) is 28.9 Å². The molecule has 1 aliphatic heterocycles. The first-order valence-corrected chi connectivity index (χ1v) is 10.8. The van der Waals surface area contributed by atoms with Crippen LogP contribution in [-0.2, 0) is 11.2 Å². The van der Waals surface area contributed by atoms with Crippen LogP contribution in [0.15, 0.2) is 72.9 Å². The summed E-state index contributed by atoms with van der Waals surface area (Å²) in [7, 11) is 1.63. The summed E-state index contributed by atoms with van der Waals surface area (Å²) in [5.41, 5.74) is 2.30. The van der Waals surface area contributed by atoms with E-state index in [-0.39, 0.29) is 17.6 Å². The van der Waals surface area contributed by atoms with Gasteiger partial charge in [0.15, 0.2) is 0 Å². The van der Waals surface area contributed by atoms with Crippen LogP contribution in [0.2, 0.25) is 0 Å². The largest absolute Gasteiger partial charge is 0.359 e. The van der Waals surface area contributed by atoms with E-state index in [1.807, 2.05) is 30.3 Å². The van der Waals surface area contributed by atoms with Crippen LogP contribution < -0.4 is 5.32 Å². The molecule has 4 rings (SSSR count). The number of nitrogens with one attached hydrogen (secondary N) is 1. The third-order valence-corrected chi connectivity index (χ3v) is 6.08. The molecular formula is C26H26FN3O2. The number of hydrogen-bond acceptors (Lipinski definition) is 3. The van der Waals surface area contributed by atoms with Crippen LogP contribution in [-0.4, -0.2) is 41.8 Å². The van der Waals surface area contributed by atoms with Gasteiger partial charge in [-0.2, -0.15) is 0 Å². The highest BCUT2D eigenvalue weighted by Gasteiger charge is 2.43. The van der Waals surface area contributed by atoms with Crippen molar-refractivity contribution in [3.8, 4) is 11.1 Å². The summed E-state index contributed by atoms with van der Waals surface area (Å²) in [4.78, 5) is 32.0. The van der Waals surface area contributed by atoms with Gasteiger partial charge in [-0.25, -0.2) is 4.39 Å². The van der Waals surface area contributed by atoms with E-state index < -0.39 is 5.41 Å². The van der Waals surface area contributed by atoms with Crippen molar-refractivity contribution < 1.29 is 14.0 Å². The van der Waals surface area contributed by atoms with Gasteiger partial charge in [-0.05, 0) is 60.2 Å². The maximum Gasteiger partial charge on any atom is 0.272 e. The number of pyridine rings is 1. The van der Waals surface area contributed by atoms with Gasteiger partial charge in [0.1, 0.15) is 11.5 Å². The van der Waals surface area contributed by atoms with Gasteiger partial charge in [0.25, 0.3) is 5.91 Å². The molecule has 1 aromatic heterocycles. The average molecular weight is 432 g/mol. The highest BCUT2D eigenvalue weighted by atomic mass is 19.1. The van der Waals surface area contributed by atoms with Crippen molar-refractivity contribution in [3.05, 3.63) is 90.0 Å². The van der Waals surface area contributed by atoms with E-state index in [9.17, 15) is 14.0 Å². The molecule has 164 valence electrons. The quantitative estimate of drug-likeness (QED) is 0.662. The predicted molar refractivity (Wildman–Crippen MR) is 121 cm³/mol. The van der Waals surface area contributed by atoms with Crippen LogP contribution in [0.3, 0.4) is 0 Å². The van der Waals surface area contributed by atoms with Gasteiger partial charge in [0.2, 0.25) is 5.91 Å². The van der Waals surface area contributed by atoms with E-state index >= 15 is 0 Å². The van der Waals surface area contributed by atoms with Gasteiger partial charge in [0, 0.05) is 26.3 Å². The number of aromatic nitrogens is 1. The van der Waals surface area contributed by atoms with Crippen molar-refractivity contribution in [3.63, 3.8) is 0 Å². The fourth-order valence-electron chi connectivity index (χ4n) is 4.55. The molecule has 32 heavy (non-hydrogen) atoms. The molecule has 1 atom stereocenters. The van der Waals surface area contributed by atoms with Gasteiger partial charge < -0.3 is 10.2 Å². The number of rotatable bonds is 5. The van der Waals surface area contributed by atoms with Gasteiger partial charge in [0.05, 0.1) is 5.41 Å². The number of carbonyl (C=O) groups excluding carboxylic acids is 2. The predicted octanol–water partition coefficient (Wildman–Crippen LogP) is 4.10. The van der Waals surface area contributed by atoms with Gasteiger partial charge >= 0.3 is 0 Å². The Kier molecular flexibility index (Phi) is 6.30. The first kappa shape index (κ1) is 21.7. The molecule has 0 bridgehead atoms. The van der Waals surface area contributed by atoms with Gasteiger partial charge in [-0.3, -0.25) is 14.6 Å². The first-order chi connectivity index (χ1) is 15.5. The van der Waals surface area contributed by atoms with E-state index in [0.717, 1.165) is 23.1 Å². The molecule has 6 heteroatoms. The van der Waals surface area contributed by atoms with Crippen molar-refractivity contribution in [2.45, 2.75) is 19.3 Å². The second-order valence-electron chi connectivity index (χ2n) is 8.29. The highest BCUT2D eigenvalue weighted by Crippen LogP contribution is 2.35. The molecule has 1 aliphatic rings. The molecular weight excluding hydrogens is 405 g/mol. The number of amides is 2. The van der Waals surface area contributed by atoms with Crippen molar-refractivity contribution >= 4 is 11.8 Å². The summed E-state index contributed by atoms with van der Waals surface area (Å²) in [5.74, 6) is -0.523. The fraction of sp³-hybridized carbons (Fsp3) is 0.269. The molecule has 1 fully saturated rings. The number of halogens is 1. The number of hydrogen-bond donors (Lipinski definition) is 1. The van der Waals surface area contributed by atoms with Crippen LogP contribution in [0.4, 0.5) is 4.39 Å². The first-order valence-electron chi connectivity index (χ1n) is 10.8. The average Bonchev–Trinajstić information content (AvgIpc) is 2.84. The second kappa shape index (κ2) is 9.30. The third kappa shape index (κ3) is 4.54. The summed E-state index contributed by atoms with van der Waals surface area (Å²) in [6, 6.07) is 19.6. The Bertz CT molecular complexity index is 1120. The highest BCUT2D eigenvalue weighted by molar-refractivity contribution is 5.93. The van der Waals surface area contributed by atoms with Crippen LogP contribution >= 0.6 is 0 Å². The lowest BCUT2D eigenvalue weighted by molar-refractivity contribution is -0.133. The fourth-order valence-corrected chi connectivity index (χ4v) is 4.55. The van der Waals surface area contributed by atoms with Crippen molar-refractivity contribution in [2.24, 2.45) is 5.41 Å². The van der Waals surface area contributed by atoms with E-state index in [4.69, 9.17) is 0 Å². The van der Waals surface area contributed by atoms with Crippen LogP contribution in [0.25, 0.3) is 11.1 Å². The van der Waals surface area contributed by atoms with E-state index in [0.29, 0.717) is 31.6 Å². The SMILES string of the molecule is CNC(=O)C1(Cc2cccc(-c3cccc(F)c3)c2)CCCN(C(=O)c2ccccn2)C1. The van der Waals surface area contributed by atoms with Crippen LogP contribution in [0, 0.1) is 11.2 Å².